The number of carbonyl (C=O) groups excluding carboxylic acids is 2. The van der Waals surface area contributed by atoms with Crippen molar-refractivity contribution in [2.45, 2.75) is 57.3 Å². The molecule has 7 heteroatoms. The summed E-state index contributed by atoms with van der Waals surface area (Å²) in [5.41, 5.74) is 0. The van der Waals surface area contributed by atoms with Crippen LogP contribution in [0.2, 0.25) is 0 Å². The Morgan fingerprint density at radius 2 is 1.79 bits per heavy atom. The van der Waals surface area contributed by atoms with Crippen LogP contribution in [0.1, 0.15) is 45.4 Å². The molecule has 3 rings (SSSR count). The van der Waals surface area contributed by atoms with Crippen molar-refractivity contribution in [3.8, 4) is 0 Å². The Bertz CT molecular complexity index is 455. The second-order valence-corrected chi connectivity index (χ2v) is 7.27. The molecule has 0 radical (unpaired) electrons. The molecule has 1 aliphatic carbocycles. The van der Waals surface area contributed by atoms with Crippen LogP contribution in [-0.4, -0.2) is 61.5 Å². The van der Waals surface area contributed by atoms with Gasteiger partial charge in [-0.3, -0.25) is 15.0 Å². The molecule has 3 aliphatic rings. The maximum Gasteiger partial charge on any atom is 0.321 e. The van der Waals surface area contributed by atoms with Crippen LogP contribution in [0, 0.1) is 5.92 Å². The number of carbonyl (C=O) groups is 2. The summed E-state index contributed by atoms with van der Waals surface area (Å²) in [4.78, 5) is 26.1. The highest BCUT2D eigenvalue weighted by Crippen LogP contribution is 2.31. The lowest BCUT2D eigenvalue weighted by atomic mass is 9.86. The van der Waals surface area contributed by atoms with E-state index in [0.29, 0.717) is 19.1 Å². The first-order chi connectivity index (χ1) is 11.6. The first-order valence-electron chi connectivity index (χ1n) is 9.17. The summed E-state index contributed by atoms with van der Waals surface area (Å²) in [6.45, 7) is 5.19. The Morgan fingerprint density at radius 3 is 2.46 bits per heavy atom. The average molecular weight is 339 g/mol. The fourth-order valence-electron chi connectivity index (χ4n) is 3.94. The number of urea groups is 1. The SMILES string of the molecule is C[C@H]1CCCC[C@H]1NC(=O)NC(=O)CN1CCC2(CC1)OCCO2. The van der Waals surface area contributed by atoms with Crippen LogP contribution < -0.4 is 10.6 Å². The number of likely N-dealkylation sites (tertiary alicyclic amines) is 1. The number of ether oxygens (including phenoxy) is 2. The minimum absolute atomic E-state index is 0.179. The Labute approximate surface area is 143 Å². The molecule has 2 saturated heterocycles. The minimum Gasteiger partial charge on any atom is -0.347 e. The number of nitrogens with zero attached hydrogens (tertiary/aromatic N) is 1. The Balaban J connectivity index is 1.37. The number of rotatable bonds is 3. The Hall–Kier alpha value is -1.18. The summed E-state index contributed by atoms with van der Waals surface area (Å²) in [6, 6.07) is -0.187. The van der Waals surface area contributed by atoms with E-state index in [4.69, 9.17) is 9.47 Å². The number of amides is 3. The molecule has 1 spiro atoms. The van der Waals surface area contributed by atoms with Crippen molar-refractivity contribution in [2.75, 3.05) is 32.8 Å². The Kier molecular flexibility index (Phi) is 5.73. The first-order valence-corrected chi connectivity index (χ1v) is 9.17. The topological polar surface area (TPSA) is 79.9 Å². The van der Waals surface area contributed by atoms with Gasteiger partial charge in [-0.1, -0.05) is 19.8 Å². The molecule has 2 heterocycles. The number of nitrogens with one attached hydrogen (secondary N) is 2. The van der Waals surface area contributed by atoms with Gasteiger partial charge in [-0.2, -0.15) is 0 Å². The van der Waals surface area contributed by atoms with Crippen molar-refractivity contribution < 1.29 is 19.1 Å². The summed E-state index contributed by atoms with van der Waals surface area (Å²) in [5.74, 6) is -0.203. The smallest absolute Gasteiger partial charge is 0.321 e. The van der Waals surface area contributed by atoms with Gasteiger partial charge in [-0.05, 0) is 18.8 Å². The van der Waals surface area contributed by atoms with E-state index in [1.165, 1.54) is 6.42 Å². The molecule has 1 saturated carbocycles. The average Bonchev–Trinajstić information content (AvgIpc) is 3.00. The predicted molar refractivity (Wildman–Crippen MR) is 88.4 cm³/mol. The van der Waals surface area contributed by atoms with Gasteiger partial charge in [0, 0.05) is 32.0 Å². The van der Waals surface area contributed by atoms with E-state index in [0.717, 1.165) is 45.2 Å². The molecule has 0 unspecified atom stereocenters. The normalized spacial score (nSPS) is 30.2. The molecule has 0 bridgehead atoms. The highest BCUT2D eigenvalue weighted by molar-refractivity contribution is 5.95. The molecule has 2 aliphatic heterocycles. The van der Waals surface area contributed by atoms with Gasteiger partial charge in [0.25, 0.3) is 0 Å². The van der Waals surface area contributed by atoms with Gasteiger partial charge in [0.1, 0.15) is 0 Å². The van der Waals surface area contributed by atoms with Gasteiger partial charge in [-0.25, -0.2) is 4.79 Å². The van der Waals surface area contributed by atoms with Crippen LogP contribution in [0.4, 0.5) is 4.79 Å². The summed E-state index contributed by atoms with van der Waals surface area (Å²) in [7, 11) is 0. The van der Waals surface area contributed by atoms with Crippen molar-refractivity contribution in [3.05, 3.63) is 0 Å². The molecule has 3 amide bonds. The first kappa shape index (κ1) is 17.6. The standard InChI is InChI=1S/C17H29N3O4/c1-13-4-2-3-5-14(13)18-16(22)19-15(21)12-20-8-6-17(7-9-20)23-10-11-24-17/h13-14H,2-12H2,1H3,(H2,18,19,21,22)/t13-,14+/m0/s1. The number of hydrogen-bond donors (Lipinski definition) is 2. The van der Waals surface area contributed by atoms with Crippen molar-refractivity contribution >= 4 is 11.9 Å². The van der Waals surface area contributed by atoms with E-state index in [1.54, 1.807) is 0 Å². The van der Waals surface area contributed by atoms with Crippen LogP contribution in [0.5, 0.6) is 0 Å². The molecule has 24 heavy (non-hydrogen) atoms. The molecule has 0 aromatic heterocycles. The van der Waals surface area contributed by atoms with E-state index in [9.17, 15) is 9.59 Å². The van der Waals surface area contributed by atoms with Crippen molar-refractivity contribution in [1.29, 1.82) is 0 Å². The molecule has 2 N–H and O–H groups in total. The second kappa shape index (κ2) is 7.80. The number of piperidine rings is 1. The molecular weight excluding hydrogens is 310 g/mol. The van der Waals surface area contributed by atoms with Crippen LogP contribution in [0.25, 0.3) is 0 Å². The van der Waals surface area contributed by atoms with Gasteiger partial charge in [0.15, 0.2) is 5.79 Å². The van der Waals surface area contributed by atoms with Gasteiger partial charge in [0.05, 0.1) is 19.8 Å². The summed E-state index contributed by atoms with van der Waals surface area (Å²) < 4.78 is 11.4. The third-order valence-corrected chi connectivity index (χ3v) is 5.48. The molecule has 7 nitrogen and oxygen atoms in total. The molecule has 2 atom stereocenters. The lowest BCUT2D eigenvalue weighted by molar-refractivity contribution is -0.185. The molecule has 3 fully saturated rings. The third-order valence-electron chi connectivity index (χ3n) is 5.48. The minimum atomic E-state index is -0.429. The predicted octanol–water partition coefficient (Wildman–Crippen LogP) is 1.23. The van der Waals surface area contributed by atoms with Gasteiger partial charge >= 0.3 is 6.03 Å². The maximum atomic E-state index is 12.1. The summed E-state index contributed by atoms with van der Waals surface area (Å²) >= 11 is 0. The monoisotopic (exact) mass is 339 g/mol. The zero-order valence-electron chi connectivity index (χ0n) is 14.5. The van der Waals surface area contributed by atoms with Crippen LogP contribution in [0.3, 0.4) is 0 Å². The lowest BCUT2D eigenvalue weighted by Crippen LogP contribution is -2.52. The zero-order chi connectivity index (χ0) is 17.0. The third kappa shape index (κ3) is 4.46. The van der Waals surface area contributed by atoms with E-state index < -0.39 is 5.79 Å². The molecule has 0 aromatic carbocycles. The molecule has 0 aromatic rings. The van der Waals surface area contributed by atoms with Gasteiger partial charge in [0.2, 0.25) is 5.91 Å². The van der Waals surface area contributed by atoms with Gasteiger partial charge in [-0.15, -0.1) is 0 Å². The highest BCUT2D eigenvalue weighted by atomic mass is 16.7. The Morgan fingerprint density at radius 1 is 1.12 bits per heavy atom. The van der Waals surface area contributed by atoms with E-state index in [-0.39, 0.29) is 24.5 Å². The van der Waals surface area contributed by atoms with Crippen molar-refractivity contribution in [3.63, 3.8) is 0 Å². The van der Waals surface area contributed by atoms with Crippen LogP contribution in [0.15, 0.2) is 0 Å². The largest absolute Gasteiger partial charge is 0.347 e. The van der Waals surface area contributed by atoms with Crippen LogP contribution >= 0.6 is 0 Å². The summed E-state index contributed by atoms with van der Waals surface area (Å²) in [6.07, 6.45) is 6.04. The van der Waals surface area contributed by atoms with E-state index >= 15 is 0 Å². The fraction of sp³-hybridized carbons (Fsp3) is 0.882. The summed E-state index contributed by atoms with van der Waals surface area (Å²) in [5, 5.41) is 5.41. The van der Waals surface area contributed by atoms with E-state index in [2.05, 4.69) is 17.6 Å². The second-order valence-electron chi connectivity index (χ2n) is 7.27. The highest BCUT2D eigenvalue weighted by Gasteiger charge is 2.40. The van der Waals surface area contributed by atoms with E-state index in [1.807, 2.05) is 4.90 Å². The number of imide groups is 1. The fourth-order valence-corrected chi connectivity index (χ4v) is 3.94. The zero-order valence-corrected chi connectivity index (χ0v) is 14.5. The maximum absolute atomic E-state index is 12.1. The van der Waals surface area contributed by atoms with Gasteiger partial charge < -0.3 is 14.8 Å². The van der Waals surface area contributed by atoms with Crippen molar-refractivity contribution in [1.82, 2.24) is 15.5 Å². The molecule has 136 valence electrons. The van der Waals surface area contributed by atoms with Crippen molar-refractivity contribution in [2.24, 2.45) is 5.92 Å². The number of hydrogen-bond acceptors (Lipinski definition) is 5. The quantitative estimate of drug-likeness (QED) is 0.808. The lowest BCUT2D eigenvalue weighted by Gasteiger charge is -2.37. The van der Waals surface area contributed by atoms with Crippen LogP contribution in [-0.2, 0) is 14.3 Å². The molecular formula is C17H29N3O4.